The molecule has 1 amide bonds. The zero-order chi connectivity index (χ0) is 17.6. The van der Waals surface area contributed by atoms with Gasteiger partial charge in [0.05, 0.1) is 0 Å². The predicted molar refractivity (Wildman–Crippen MR) is 91.6 cm³/mol. The number of aromatic nitrogens is 3. The molecule has 0 saturated carbocycles. The molecular weight excluding hydrogens is 320 g/mol. The number of ketones is 1. The molecule has 0 radical (unpaired) electrons. The molecule has 0 unspecified atom stereocenters. The number of ether oxygens (including phenoxy) is 1. The van der Waals surface area contributed by atoms with Crippen LogP contribution in [0.1, 0.15) is 23.1 Å². The number of fused-ring (bicyclic) bond motifs is 1. The van der Waals surface area contributed by atoms with Crippen molar-refractivity contribution in [2.24, 2.45) is 0 Å². The summed E-state index contributed by atoms with van der Waals surface area (Å²) >= 11 is 0. The number of benzene rings is 1. The van der Waals surface area contributed by atoms with Gasteiger partial charge in [0.1, 0.15) is 11.6 Å². The fourth-order valence-electron chi connectivity index (χ4n) is 2.36. The largest absolute Gasteiger partial charge is 0.484 e. The minimum atomic E-state index is -0.218. The summed E-state index contributed by atoms with van der Waals surface area (Å²) in [5.41, 5.74) is 1.39. The van der Waals surface area contributed by atoms with Crippen LogP contribution in [-0.4, -0.2) is 39.4 Å². The summed E-state index contributed by atoms with van der Waals surface area (Å²) in [5, 5.41) is 11.0. The molecule has 3 rings (SSSR count). The van der Waals surface area contributed by atoms with Gasteiger partial charge in [-0.1, -0.05) is 6.07 Å². The molecule has 0 bridgehead atoms. The Balaban J connectivity index is 1.44. The minimum absolute atomic E-state index is 0.00898. The van der Waals surface area contributed by atoms with E-state index in [0.29, 0.717) is 24.3 Å². The van der Waals surface area contributed by atoms with Crippen LogP contribution in [0.25, 0.3) is 5.65 Å². The highest BCUT2D eigenvalue weighted by Crippen LogP contribution is 2.12. The van der Waals surface area contributed by atoms with Crippen LogP contribution in [0.2, 0.25) is 0 Å². The highest BCUT2D eigenvalue weighted by atomic mass is 16.5. The molecule has 3 aromatic rings. The molecule has 1 aromatic carbocycles. The highest BCUT2D eigenvalue weighted by molar-refractivity contribution is 5.94. The van der Waals surface area contributed by atoms with E-state index in [1.54, 1.807) is 24.3 Å². The van der Waals surface area contributed by atoms with Gasteiger partial charge in [0.25, 0.3) is 5.91 Å². The van der Waals surface area contributed by atoms with Crippen LogP contribution >= 0.6 is 0 Å². The molecule has 0 aliphatic rings. The molecule has 0 atom stereocenters. The van der Waals surface area contributed by atoms with Gasteiger partial charge in [-0.15, -0.1) is 10.2 Å². The van der Waals surface area contributed by atoms with Gasteiger partial charge in [-0.2, -0.15) is 0 Å². The van der Waals surface area contributed by atoms with Gasteiger partial charge in [0.15, 0.2) is 18.0 Å². The smallest absolute Gasteiger partial charge is 0.257 e. The topological polar surface area (TPSA) is 85.6 Å². The second kappa shape index (κ2) is 7.57. The Morgan fingerprint density at radius 2 is 1.92 bits per heavy atom. The van der Waals surface area contributed by atoms with Gasteiger partial charge >= 0.3 is 0 Å². The molecule has 2 heterocycles. The maximum absolute atomic E-state index is 11.9. The standard InChI is InChI=1S/C18H18N4O3/c1-13(23)14-5-7-15(8-6-14)25-12-18(24)19-10-9-17-21-20-16-4-2-3-11-22(16)17/h2-8,11H,9-10,12H2,1H3,(H,19,24). The zero-order valence-electron chi connectivity index (χ0n) is 13.8. The van der Waals surface area contributed by atoms with Crippen molar-refractivity contribution in [3.05, 3.63) is 60.0 Å². The molecule has 128 valence electrons. The Kier molecular flexibility index (Phi) is 5.03. The summed E-state index contributed by atoms with van der Waals surface area (Å²) in [4.78, 5) is 23.1. The van der Waals surface area contributed by atoms with Gasteiger partial charge in [-0.25, -0.2) is 0 Å². The van der Waals surface area contributed by atoms with Crippen LogP contribution in [0.3, 0.4) is 0 Å². The average molecular weight is 338 g/mol. The first-order chi connectivity index (χ1) is 12.1. The maximum atomic E-state index is 11.9. The van der Waals surface area contributed by atoms with Gasteiger partial charge in [0, 0.05) is 24.7 Å². The van der Waals surface area contributed by atoms with Crippen molar-refractivity contribution in [1.29, 1.82) is 0 Å². The normalized spacial score (nSPS) is 10.6. The van der Waals surface area contributed by atoms with Crippen molar-refractivity contribution in [2.45, 2.75) is 13.3 Å². The van der Waals surface area contributed by atoms with Crippen LogP contribution < -0.4 is 10.1 Å². The summed E-state index contributed by atoms with van der Waals surface area (Å²) < 4.78 is 7.29. The van der Waals surface area contributed by atoms with Crippen molar-refractivity contribution in [3.8, 4) is 5.75 Å². The lowest BCUT2D eigenvalue weighted by Crippen LogP contribution is -2.30. The third-order valence-electron chi connectivity index (χ3n) is 3.69. The lowest BCUT2D eigenvalue weighted by Gasteiger charge is -2.07. The summed E-state index contributed by atoms with van der Waals surface area (Å²) in [6.45, 7) is 1.86. The fourth-order valence-corrected chi connectivity index (χ4v) is 2.36. The summed E-state index contributed by atoms with van der Waals surface area (Å²) in [6.07, 6.45) is 2.46. The predicted octanol–water partition coefficient (Wildman–Crippen LogP) is 1.67. The summed E-state index contributed by atoms with van der Waals surface area (Å²) in [7, 11) is 0. The molecule has 7 nitrogen and oxygen atoms in total. The maximum Gasteiger partial charge on any atom is 0.257 e. The van der Waals surface area contributed by atoms with Crippen molar-refractivity contribution in [3.63, 3.8) is 0 Å². The third kappa shape index (κ3) is 4.20. The molecule has 0 spiro atoms. The quantitative estimate of drug-likeness (QED) is 0.662. The molecule has 25 heavy (non-hydrogen) atoms. The number of carbonyl (C=O) groups is 2. The molecular formula is C18H18N4O3. The van der Waals surface area contributed by atoms with Gasteiger partial charge in [-0.05, 0) is 43.3 Å². The van der Waals surface area contributed by atoms with Crippen molar-refractivity contribution >= 4 is 17.3 Å². The minimum Gasteiger partial charge on any atom is -0.484 e. The first-order valence-electron chi connectivity index (χ1n) is 7.92. The Labute approximate surface area is 144 Å². The zero-order valence-corrected chi connectivity index (χ0v) is 13.8. The second-order valence-corrected chi connectivity index (χ2v) is 5.51. The summed E-state index contributed by atoms with van der Waals surface area (Å²) in [6, 6.07) is 12.4. The van der Waals surface area contributed by atoms with E-state index in [1.165, 1.54) is 6.92 Å². The summed E-state index contributed by atoms with van der Waals surface area (Å²) in [5.74, 6) is 1.11. The molecule has 1 N–H and O–H groups in total. The van der Waals surface area contributed by atoms with E-state index in [2.05, 4.69) is 15.5 Å². The number of hydrogen-bond donors (Lipinski definition) is 1. The first-order valence-corrected chi connectivity index (χ1v) is 7.92. The molecule has 0 saturated heterocycles. The molecule has 2 aromatic heterocycles. The number of Topliss-reactive ketones (excluding diaryl/α,β-unsaturated/α-hetero) is 1. The van der Waals surface area contributed by atoms with E-state index < -0.39 is 0 Å². The number of rotatable bonds is 7. The molecule has 0 aliphatic carbocycles. The van der Waals surface area contributed by atoms with E-state index in [0.717, 1.165) is 11.5 Å². The van der Waals surface area contributed by atoms with Crippen LogP contribution in [0.15, 0.2) is 48.7 Å². The van der Waals surface area contributed by atoms with Crippen LogP contribution in [-0.2, 0) is 11.2 Å². The Morgan fingerprint density at radius 1 is 1.12 bits per heavy atom. The number of nitrogens with zero attached hydrogens (tertiary/aromatic N) is 3. The van der Waals surface area contributed by atoms with Gasteiger partial charge in [0.2, 0.25) is 0 Å². The average Bonchev–Trinajstić information content (AvgIpc) is 3.04. The van der Waals surface area contributed by atoms with E-state index in [9.17, 15) is 9.59 Å². The van der Waals surface area contributed by atoms with E-state index in [4.69, 9.17) is 4.74 Å². The fraction of sp³-hybridized carbons (Fsp3) is 0.222. The van der Waals surface area contributed by atoms with Crippen LogP contribution in [0.5, 0.6) is 5.75 Å². The van der Waals surface area contributed by atoms with Crippen molar-refractivity contribution in [2.75, 3.05) is 13.2 Å². The van der Waals surface area contributed by atoms with E-state index in [-0.39, 0.29) is 18.3 Å². The second-order valence-electron chi connectivity index (χ2n) is 5.51. The molecule has 7 heteroatoms. The van der Waals surface area contributed by atoms with E-state index in [1.807, 2.05) is 28.8 Å². The number of nitrogens with one attached hydrogen (secondary N) is 1. The van der Waals surface area contributed by atoms with Crippen molar-refractivity contribution in [1.82, 2.24) is 19.9 Å². The monoisotopic (exact) mass is 338 g/mol. The van der Waals surface area contributed by atoms with Crippen LogP contribution in [0.4, 0.5) is 0 Å². The Hall–Kier alpha value is -3.22. The third-order valence-corrected chi connectivity index (χ3v) is 3.69. The Morgan fingerprint density at radius 3 is 2.68 bits per heavy atom. The molecule has 0 aliphatic heterocycles. The lowest BCUT2D eigenvalue weighted by atomic mass is 10.1. The Bertz CT molecular complexity index is 887. The lowest BCUT2D eigenvalue weighted by molar-refractivity contribution is -0.123. The van der Waals surface area contributed by atoms with Gasteiger partial charge < -0.3 is 10.1 Å². The molecule has 0 fully saturated rings. The highest BCUT2D eigenvalue weighted by Gasteiger charge is 2.07. The number of hydrogen-bond acceptors (Lipinski definition) is 5. The number of carbonyl (C=O) groups excluding carboxylic acids is 2. The SMILES string of the molecule is CC(=O)c1ccc(OCC(=O)NCCc2nnc3ccccn23)cc1. The van der Waals surface area contributed by atoms with E-state index >= 15 is 0 Å². The first kappa shape index (κ1) is 16.6. The van der Waals surface area contributed by atoms with Crippen LogP contribution in [0, 0.1) is 0 Å². The van der Waals surface area contributed by atoms with Gasteiger partial charge in [-0.3, -0.25) is 14.0 Å². The number of pyridine rings is 1. The van der Waals surface area contributed by atoms with Crippen molar-refractivity contribution < 1.29 is 14.3 Å². The number of amides is 1.